The molecule has 0 fully saturated rings. The fourth-order valence-corrected chi connectivity index (χ4v) is 2.00. The molecule has 2 N–H and O–H groups in total. The quantitative estimate of drug-likeness (QED) is 0.780. The predicted molar refractivity (Wildman–Crippen MR) is 80.7 cm³/mol. The molecule has 1 heterocycles. The van der Waals surface area contributed by atoms with Gasteiger partial charge in [-0.15, -0.1) is 0 Å². The maximum Gasteiger partial charge on any atom is 0.122 e. The summed E-state index contributed by atoms with van der Waals surface area (Å²) in [5.41, 5.74) is 6.91. The maximum absolute atomic E-state index is 6.04. The van der Waals surface area contributed by atoms with Crippen molar-refractivity contribution < 1.29 is 9.47 Å². The number of hydrogen-bond acceptors (Lipinski definition) is 5. The first-order chi connectivity index (χ1) is 9.38. The predicted octanol–water partition coefficient (Wildman–Crippen LogP) is 1.32. The van der Waals surface area contributed by atoms with Crippen molar-refractivity contribution in [2.75, 3.05) is 46.3 Å². The van der Waals surface area contributed by atoms with Gasteiger partial charge >= 0.3 is 0 Å². The lowest BCUT2D eigenvalue weighted by Gasteiger charge is -2.22. The van der Waals surface area contributed by atoms with Gasteiger partial charge in [0.05, 0.1) is 24.4 Å². The van der Waals surface area contributed by atoms with Gasteiger partial charge in [-0.05, 0) is 20.8 Å². The van der Waals surface area contributed by atoms with Gasteiger partial charge in [-0.25, -0.2) is 4.68 Å². The Morgan fingerprint density at radius 3 is 2.15 bits per heavy atom. The van der Waals surface area contributed by atoms with Crippen LogP contribution in [-0.4, -0.2) is 55.2 Å². The summed E-state index contributed by atoms with van der Waals surface area (Å²) in [5, 5.41) is 4.61. The van der Waals surface area contributed by atoms with Crippen LogP contribution in [-0.2, 0) is 21.6 Å². The van der Waals surface area contributed by atoms with E-state index in [1.165, 1.54) is 0 Å². The van der Waals surface area contributed by atoms with Crippen LogP contribution in [0.1, 0.15) is 26.5 Å². The molecule has 0 bridgehead atoms. The van der Waals surface area contributed by atoms with Gasteiger partial charge in [-0.3, -0.25) is 4.90 Å². The minimum absolute atomic E-state index is 0.105. The Hall–Kier alpha value is -1.11. The lowest BCUT2D eigenvalue weighted by Crippen LogP contribution is -2.31. The van der Waals surface area contributed by atoms with E-state index in [2.05, 4.69) is 30.8 Å². The highest BCUT2D eigenvalue weighted by Gasteiger charge is 2.19. The van der Waals surface area contributed by atoms with E-state index in [1.54, 1.807) is 14.2 Å². The first-order valence-corrected chi connectivity index (χ1v) is 6.93. The fraction of sp³-hybridized carbons (Fsp3) is 0.786. The van der Waals surface area contributed by atoms with Crippen molar-refractivity contribution in [3.05, 3.63) is 11.8 Å². The van der Waals surface area contributed by atoms with Gasteiger partial charge in [-0.2, -0.15) is 5.10 Å². The minimum Gasteiger partial charge on any atom is -0.384 e. The normalized spacial score (nSPS) is 12.3. The standard InChI is InChI=1S/C14H28N4O2/c1-14(2,3)18-13(15)10-12(16-18)11-17(6-8-19-4)7-9-20-5/h10H,6-9,11,15H2,1-5H3. The first kappa shape index (κ1) is 16.9. The summed E-state index contributed by atoms with van der Waals surface area (Å²) in [6.07, 6.45) is 0. The number of aromatic nitrogens is 2. The molecule has 0 aliphatic carbocycles. The second kappa shape index (κ2) is 7.61. The third kappa shape index (κ3) is 5.11. The second-order valence-corrected chi connectivity index (χ2v) is 5.90. The smallest absolute Gasteiger partial charge is 0.122 e. The Labute approximate surface area is 121 Å². The molecule has 6 nitrogen and oxygen atoms in total. The van der Waals surface area contributed by atoms with E-state index in [4.69, 9.17) is 15.2 Å². The van der Waals surface area contributed by atoms with E-state index in [0.29, 0.717) is 19.0 Å². The topological polar surface area (TPSA) is 65.5 Å². The zero-order valence-electron chi connectivity index (χ0n) is 13.3. The highest BCUT2D eigenvalue weighted by molar-refractivity contribution is 5.32. The summed E-state index contributed by atoms with van der Waals surface area (Å²) >= 11 is 0. The van der Waals surface area contributed by atoms with E-state index in [9.17, 15) is 0 Å². The molecule has 0 aliphatic heterocycles. The Morgan fingerprint density at radius 1 is 1.20 bits per heavy atom. The molecule has 6 heteroatoms. The summed E-state index contributed by atoms with van der Waals surface area (Å²) in [6, 6.07) is 1.94. The van der Waals surface area contributed by atoms with Crippen molar-refractivity contribution >= 4 is 5.82 Å². The number of nitrogens with two attached hydrogens (primary N) is 1. The summed E-state index contributed by atoms with van der Waals surface area (Å²) < 4.78 is 12.1. The Morgan fingerprint density at radius 2 is 1.75 bits per heavy atom. The second-order valence-electron chi connectivity index (χ2n) is 5.90. The van der Waals surface area contributed by atoms with Gasteiger partial charge in [0.1, 0.15) is 5.82 Å². The SMILES string of the molecule is COCCN(CCOC)Cc1cc(N)n(C(C)(C)C)n1. The number of nitrogens with zero attached hydrogens (tertiary/aromatic N) is 3. The molecule has 116 valence electrons. The molecule has 1 rings (SSSR count). The fourth-order valence-electron chi connectivity index (χ4n) is 2.00. The zero-order valence-corrected chi connectivity index (χ0v) is 13.3. The van der Waals surface area contributed by atoms with Crippen molar-refractivity contribution in [1.29, 1.82) is 0 Å². The maximum atomic E-state index is 6.04. The molecule has 0 amide bonds. The zero-order chi connectivity index (χ0) is 15.2. The van der Waals surface area contributed by atoms with Crippen LogP contribution in [0, 0.1) is 0 Å². The Bertz CT molecular complexity index is 390. The average molecular weight is 284 g/mol. The van der Waals surface area contributed by atoms with E-state index in [1.807, 2.05) is 10.7 Å². The highest BCUT2D eigenvalue weighted by atomic mass is 16.5. The van der Waals surface area contributed by atoms with Crippen LogP contribution >= 0.6 is 0 Å². The van der Waals surface area contributed by atoms with Crippen LogP contribution in [0.5, 0.6) is 0 Å². The monoisotopic (exact) mass is 284 g/mol. The van der Waals surface area contributed by atoms with Gasteiger partial charge in [0.15, 0.2) is 0 Å². The number of methoxy groups -OCH3 is 2. The van der Waals surface area contributed by atoms with Crippen molar-refractivity contribution in [1.82, 2.24) is 14.7 Å². The molecule has 20 heavy (non-hydrogen) atoms. The van der Waals surface area contributed by atoms with Crippen molar-refractivity contribution in [3.8, 4) is 0 Å². The Kier molecular flexibility index (Phi) is 6.45. The van der Waals surface area contributed by atoms with Crippen LogP contribution < -0.4 is 5.73 Å². The van der Waals surface area contributed by atoms with Crippen LogP contribution in [0.15, 0.2) is 6.07 Å². The number of hydrogen-bond donors (Lipinski definition) is 1. The summed E-state index contributed by atoms with van der Waals surface area (Å²) in [6.45, 7) is 10.1. The highest BCUT2D eigenvalue weighted by Crippen LogP contribution is 2.19. The molecule has 0 aromatic carbocycles. The largest absolute Gasteiger partial charge is 0.384 e. The van der Waals surface area contributed by atoms with Crippen LogP contribution in [0.25, 0.3) is 0 Å². The van der Waals surface area contributed by atoms with Crippen molar-refractivity contribution in [2.45, 2.75) is 32.9 Å². The average Bonchev–Trinajstić information content (AvgIpc) is 2.73. The molecular weight excluding hydrogens is 256 g/mol. The number of ether oxygens (including phenoxy) is 2. The van der Waals surface area contributed by atoms with E-state index >= 15 is 0 Å². The number of rotatable bonds is 8. The summed E-state index contributed by atoms with van der Waals surface area (Å²) in [7, 11) is 3.42. The summed E-state index contributed by atoms with van der Waals surface area (Å²) in [5.74, 6) is 0.700. The molecule has 1 aromatic rings. The summed E-state index contributed by atoms with van der Waals surface area (Å²) in [4.78, 5) is 2.25. The molecule has 0 unspecified atom stereocenters. The van der Waals surface area contributed by atoms with E-state index in [-0.39, 0.29) is 5.54 Å². The Balaban J connectivity index is 2.72. The molecule has 0 aliphatic rings. The number of nitrogen functional groups attached to an aromatic ring is 1. The third-order valence-electron chi connectivity index (χ3n) is 3.03. The lowest BCUT2D eigenvalue weighted by molar-refractivity contribution is 0.109. The van der Waals surface area contributed by atoms with Gasteiger partial charge < -0.3 is 15.2 Å². The molecule has 0 saturated heterocycles. The van der Waals surface area contributed by atoms with Crippen LogP contribution in [0.4, 0.5) is 5.82 Å². The first-order valence-electron chi connectivity index (χ1n) is 6.93. The molecule has 0 atom stereocenters. The molecule has 0 radical (unpaired) electrons. The van der Waals surface area contributed by atoms with Gasteiger partial charge in [-0.1, -0.05) is 0 Å². The van der Waals surface area contributed by atoms with Crippen molar-refractivity contribution in [2.24, 2.45) is 0 Å². The minimum atomic E-state index is -0.105. The molecule has 1 aromatic heterocycles. The third-order valence-corrected chi connectivity index (χ3v) is 3.03. The molecule has 0 spiro atoms. The number of anilines is 1. The van der Waals surface area contributed by atoms with Crippen molar-refractivity contribution in [3.63, 3.8) is 0 Å². The van der Waals surface area contributed by atoms with Crippen LogP contribution in [0.3, 0.4) is 0 Å². The van der Waals surface area contributed by atoms with Gasteiger partial charge in [0.25, 0.3) is 0 Å². The molecular formula is C14H28N4O2. The van der Waals surface area contributed by atoms with Crippen LogP contribution in [0.2, 0.25) is 0 Å². The molecule has 0 saturated carbocycles. The van der Waals surface area contributed by atoms with E-state index < -0.39 is 0 Å². The van der Waals surface area contributed by atoms with Gasteiger partial charge in [0, 0.05) is 39.9 Å². The lowest BCUT2D eigenvalue weighted by atomic mass is 10.1. The van der Waals surface area contributed by atoms with E-state index in [0.717, 1.165) is 25.3 Å². The van der Waals surface area contributed by atoms with Gasteiger partial charge in [0.2, 0.25) is 0 Å².